The molecular weight excluding hydrogens is 412 g/mol. The first-order chi connectivity index (χ1) is 13.6. The Morgan fingerprint density at radius 2 is 1.40 bits per heavy atom. The third kappa shape index (κ3) is 4.17. The Balaban J connectivity index is 2.15. The second-order valence-electron chi connectivity index (χ2n) is 7.96. The number of hydrogen-bond donors (Lipinski definition) is 1. The van der Waals surface area contributed by atoms with Crippen LogP contribution in [0, 0.1) is 6.92 Å². The molecule has 0 saturated heterocycles. The molecule has 0 saturated carbocycles. The Morgan fingerprint density at radius 3 is 1.83 bits per heavy atom. The van der Waals surface area contributed by atoms with Crippen LogP contribution in [-0.4, -0.2) is 9.78 Å². The lowest BCUT2D eigenvalue weighted by atomic mass is 9.93. The molecule has 0 unspecified atom stereocenters. The van der Waals surface area contributed by atoms with Crippen LogP contribution in [0.1, 0.15) is 43.4 Å². The second-order valence-corrected chi connectivity index (χ2v) is 7.96. The number of furan rings is 1. The fourth-order valence-electron chi connectivity index (χ4n) is 2.90. The number of halogens is 6. The van der Waals surface area contributed by atoms with Gasteiger partial charge in [0.05, 0.1) is 22.5 Å². The molecule has 0 bridgehead atoms. The number of nitrogens with zero attached hydrogens (tertiary/aromatic N) is 2. The minimum atomic E-state index is -4.97. The second kappa shape index (κ2) is 6.82. The number of rotatable bonds is 2. The summed E-state index contributed by atoms with van der Waals surface area (Å²) in [5, 5.41) is 4.15. The Morgan fingerprint density at radius 1 is 0.867 bits per heavy atom. The highest BCUT2D eigenvalue weighted by Gasteiger charge is 2.37. The van der Waals surface area contributed by atoms with Crippen LogP contribution in [0.4, 0.5) is 32.2 Å². The van der Waals surface area contributed by atoms with Crippen molar-refractivity contribution in [2.24, 2.45) is 0 Å². The predicted molar refractivity (Wildman–Crippen MR) is 99.1 cm³/mol. The molecule has 0 amide bonds. The molecule has 0 radical (unpaired) electrons. The summed E-state index contributed by atoms with van der Waals surface area (Å²) in [6.07, 6.45) is -9.94. The van der Waals surface area contributed by atoms with E-state index in [4.69, 9.17) is 10.2 Å². The molecule has 1 aromatic carbocycles. The van der Waals surface area contributed by atoms with Gasteiger partial charge in [0, 0.05) is 17.0 Å². The molecule has 0 aliphatic rings. The van der Waals surface area contributed by atoms with E-state index >= 15 is 0 Å². The third-order valence-corrected chi connectivity index (χ3v) is 4.49. The largest absolute Gasteiger partial charge is 0.465 e. The van der Waals surface area contributed by atoms with Gasteiger partial charge in [0.2, 0.25) is 0 Å². The summed E-state index contributed by atoms with van der Waals surface area (Å²) in [6, 6.07) is 4.31. The quantitative estimate of drug-likeness (QED) is 0.481. The van der Waals surface area contributed by atoms with Gasteiger partial charge in [-0.3, -0.25) is 0 Å². The van der Waals surface area contributed by atoms with Crippen molar-refractivity contribution in [2.45, 2.75) is 45.5 Å². The van der Waals surface area contributed by atoms with E-state index in [0.29, 0.717) is 29.2 Å². The van der Waals surface area contributed by atoms with Gasteiger partial charge in [-0.15, -0.1) is 0 Å². The fourth-order valence-corrected chi connectivity index (χ4v) is 2.90. The minimum absolute atomic E-state index is 0.0555. The van der Waals surface area contributed by atoms with E-state index in [1.807, 2.05) is 20.8 Å². The molecule has 0 atom stereocenters. The lowest BCUT2D eigenvalue weighted by molar-refractivity contribution is -0.143. The molecule has 162 valence electrons. The summed E-state index contributed by atoms with van der Waals surface area (Å²) in [5.41, 5.74) is 3.06. The Bertz CT molecular complexity index is 1050. The molecule has 0 aliphatic heterocycles. The number of nitrogens with two attached hydrogens (primary N) is 1. The predicted octanol–water partition coefficient (Wildman–Crippen LogP) is 6.36. The van der Waals surface area contributed by atoms with Crippen molar-refractivity contribution in [3.63, 3.8) is 0 Å². The molecule has 0 fully saturated rings. The summed E-state index contributed by atoms with van der Waals surface area (Å²) >= 11 is 0. The van der Waals surface area contributed by atoms with Crippen LogP contribution in [-0.2, 0) is 17.8 Å². The molecule has 2 N–H and O–H groups in total. The van der Waals surface area contributed by atoms with Gasteiger partial charge in [0.25, 0.3) is 0 Å². The Hall–Kier alpha value is -2.91. The maximum Gasteiger partial charge on any atom is 0.416 e. The van der Waals surface area contributed by atoms with E-state index in [1.54, 1.807) is 13.0 Å². The molecular formula is C20H19F6N3O. The lowest BCUT2D eigenvalue weighted by Gasteiger charge is -2.14. The van der Waals surface area contributed by atoms with Crippen LogP contribution in [0.3, 0.4) is 0 Å². The number of aryl methyl sites for hydroxylation is 1. The summed E-state index contributed by atoms with van der Waals surface area (Å²) in [4.78, 5) is 0. The highest BCUT2D eigenvalue weighted by molar-refractivity contribution is 5.66. The first-order valence-corrected chi connectivity index (χ1v) is 8.84. The third-order valence-electron chi connectivity index (χ3n) is 4.49. The van der Waals surface area contributed by atoms with Crippen LogP contribution in [0.2, 0.25) is 0 Å². The van der Waals surface area contributed by atoms with Crippen LogP contribution in [0.5, 0.6) is 0 Å². The van der Waals surface area contributed by atoms with Gasteiger partial charge in [0.1, 0.15) is 17.3 Å². The van der Waals surface area contributed by atoms with Crippen molar-refractivity contribution < 1.29 is 30.8 Å². The van der Waals surface area contributed by atoms with E-state index in [9.17, 15) is 26.3 Å². The first kappa shape index (κ1) is 21.8. The molecule has 4 nitrogen and oxygen atoms in total. The zero-order chi connectivity index (χ0) is 22.6. The van der Waals surface area contributed by atoms with Gasteiger partial charge >= 0.3 is 12.4 Å². The number of hydrogen-bond acceptors (Lipinski definition) is 3. The first-order valence-electron chi connectivity index (χ1n) is 8.84. The number of benzene rings is 1. The van der Waals surface area contributed by atoms with Gasteiger partial charge < -0.3 is 10.2 Å². The highest BCUT2D eigenvalue weighted by Crippen LogP contribution is 2.38. The molecule has 3 aromatic rings. The van der Waals surface area contributed by atoms with E-state index in [0.717, 1.165) is 4.68 Å². The van der Waals surface area contributed by atoms with E-state index in [2.05, 4.69) is 5.10 Å². The van der Waals surface area contributed by atoms with Crippen LogP contribution < -0.4 is 5.73 Å². The Kier molecular flexibility index (Phi) is 4.95. The normalized spacial score (nSPS) is 13.1. The summed E-state index contributed by atoms with van der Waals surface area (Å²) in [5.74, 6) is 1.04. The zero-order valence-electron chi connectivity index (χ0n) is 16.5. The molecule has 30 heavy (non-hydrogen) atoms. The van der Waals surface area contributed by atoms with Crippen molar-refractivity contribution in [3.8, 4) is 16.9 Å². The van der Waals surface area contributed by atoms with E-state index < -0.39 is 29.2 Å². The van der Waals surface area contributed by atoms with Gasteiger partial charge in [-0.25, -0.2) is 4.68 Å². The van der Waals surface area contributed by atoms with Gasteiger partial charge in [-0.1, -0.05) is 20.8 Å². The van der Waals surface area contributed by atoms with Crippen LogP contribution in [0.15, 0.2) is 34.7 Å². The SMILES string of the molecule is Cc1oc(C(C)(C)C)cc1-c1cc(N)n(-c2cc(C(F)(F)F)cc(C(F)(F)F)c2)n1. The topological polar surface area (TPSA) is 57.0 Å². The molecule has 0 spiro atoms. The Labute approximate surface area is 168 Å². The van der Waals surface area contributed by atoms with Gasteiger partial charge in [-0.2, -0.15) is 31.4 Å². The highest BCUT2D eigenvalue weighted by atomic mass is 19.4. The summed E-state index contributed by atoms with van der Waals surface area (Å²) < 4.78 is 85.5. The number of alkyl halides is 6. The van der Waals surface area contributed by atoms with Gasteiger partial charge in [0.15, 0.2) is 0 Å². The fraction of sp³-hybridized carbons (Fsp3) is 0.350. The molecule has 3 rings (SSSR count). The lowest BCUT2D eigenvalue weighted by Crippen LogP contribution is -2.13. The maximum atomic E-state index is 13.1. The number of anilines is 1. The van der Waals surface area contributed by atoms with E-state index in [1.165, 1.54) is 6.07 Å². The average Bonchev–Trinajstić information content (AvgIpc) is 3.15. The van der Waals surface area contributed by atoms with Crippen molar-refractivity contribution in [1.29, 1.82) is 0 Å². The molecule has 0 aliphatic carbocycles. The average molecular weight is 431 g/mol. The van der Waals surface area contributed by atoms with Crippen molar-refractivity contribution >= 4 is 5.82 Å². The molecule has 10 heteroatoms. The van der Waals surface area contributed by atoms with Gasteiger partial charge in [-0.05, 0) is 31.2 Å². The maximum absolute atomic E-state index is 13.1. The van der Waals surface area contributed by atoms with E-state index in [-0.39, 0.29) is 23.0 Å². The van der Waals surface area contributed by atoms with Crippen molar-refractivity contribution in [3.05, 3.63) is 53.0 Å². The summed E-state index contributed by atoms with van der Waals surface area (Å²) in [6.45, 7) is 7.49. The van der Waals surface area contributed by atoms with Crippen LogP contribution in [0.25, 0.3) is 16.9 Å². The van der Waals surface area contributed by atoms with Crippen LogP contribution >= 0.6 is 0 Å². The summed E-state index contributed by atoms with van der Waals surface area (Å²) in [7, 11) is 0. The molecule has 2 heterocycles. The minimum Gasteiger partial charge on any atom is -0.465 e. The monoisotopic (exact) mass is 431 g/mol. The molecule has 2 aromatic heterocycles. The number of nitrogen functional groups attached to an aromatic ring is 1. The van der Waals surface area contributed by atoms with Crippen molar-refractivity contribution in [2.75, 3.05) is 5.73 Å². The zero-order valence-corrected chi connectivity index (χ0v) is 16.5. The van der Waals surface area contributed by atoms with Crippen molar-refractivity contribution in [1.82, 2.24) is 9.78 Å². The standard InChI is InChI=1S/C20H19F6N3O/c1-10-14(8-16(30-10)18(2,3)4)15-9-17(27)29(28-15)13-6-11(19(21,22)23)5-12(7-13)20(24,25)26/h5-9H,27H2,1-4H3. The number of aromatic nitrogens is 2. The smallest absolute Gasteiger partial charge is 0.416 e.